The Kier molecular flexibility index (Phi) is 6.67. The van der Waals surface area contributed by atoms with Gasteiger partial charge in [-0.15, -0.1) is 0 Å². The van der Waals surface area contributed by atoms with Gasteiger partial charge in [-0.05, 0) is 79.6 Å². The first kappa shape index (κ1) is 24.3. The number of likely N-dealkylation sites (tertiary alicyclic amines) is 2. The number of fused-ring (bicyclic) bond motifs is 2. The average molecular weight is 439 g/mol. The number of nitrogens with zero attached hydrogens (tertiary/aromatic N) is 3. The zero-order valence-corrected chi connectivity index (χ0v) is 20.4. The number of carbonyl (C=O) groups excluding carboxylic acids is 2. The van der Waals surface area contributed by atoms with Crippen LogP contribution in [0.15, 0.2) is 0 Å². The lowest BCUT2D eigenvalue weighted by atomic mass is 9.79. The lowest BCUT2D eigenvalue weighted by Crippen LogP contribution is -2.63. The molecule has 31 heavy (non-hydrogen) atoms. The summed E-state index contributed by atoms with van der Waals surface area (Å²) in [6.45, 7) is 17.1. The van der Waals surface area contributed by atoms with Gasteiger partial charge >= 0.3 is 6.09 Å². The van der Waals surface area contributed by atoms with Crippen LogP contribution in [0.5, 0.6) is 0 Å². The van der Waals surface area contributed by atoms with Gasteiger partial charge in [0.1, 0.15) is 5.60 Å². The van der Waals surface area contributed by atoms with Gasteiger partial charge in [0.05, 0.1) is 6.54 Å². The van der Waals surface area contributed by atoms with Crippen LogP contribution in [0.1, 0.15) is 67.7 Å². The van der Waals surface area contributed by atoms with E-state index in [4.69, 9.17) is 4.74 Å². The molecule has 3 fully saturated rings. The van der Waals surface area contributed by atoms with Crippen molar-refractivity contribution in [2.75, 3.05) is 32.7 Å². The number of ether oxygens (including phenoxy) is 1. The smallest absolute Gasteiger partial charge is 0.410 e. The number of nitrogens with one attached hydrogen (secondary N) is 1. The Balaban J connectivity index is 1.50. The molecule has 2 bridgehead atoms. The van der Waals surface area contributed by atoms with Gasteiger partial charge in [-0.2, -0.15) is 5.06 Å². The van der Waals surface area contributed by atoms with Crippen LogP contribution in [0.2, 0.25) is 0 Å². The molecule has 3 heterocycles. The molecule has 2 amide bonds. The Bertz CT molecular complexity index is 656. The quantitative estimate of drug-likeness (QED) is 0.705. The van der Waals surface area contributed by atoms with E-state index in [2.05, 4.69) is 10.2 Å². The van der Waals surface area contributed by atoms with Crippen molar-refractivity contribution in [3.8, 4) is 0 Å². The summed E-state index contributed by atoms with van der Waals surface area (Å²) in [6, 6.07) is 0.0489. The van der Waals surface area contributed by atoms with Crippen LogP contribution in [0, 0.1) is 11.8 Å². The van der Waals surface area contributed by atoms with Gasteiger partial charge < -0.3 is 20.2 Å². The first-order valence-corrected chi connectivity index (χ1v) is 11.6. The zero-order valence-electron chi connectivity index (χ0n) is 20.4. The summed E-state index contributed by atoms with van der Waals surface area (Å²) in [7, 11) is 0. The third kappa shape index (κ3) is 6.11. The van der Waals surface area contributed by atoms with E-state index in [1.54, 1.807) is 0 Å². The highest BCUT2D eigenvalue weighted by Gasteiger charge is 2.45. The second-order valence-corrected chi connectivity index (χ2v) is 12.2. The summed E-state index contributed by atoms with van der Waals surface area (Å²) >= 11 is 0. The molecule has 3 saturated heterocycles. The van der Waals surface area contributed by atoms with E-state index in [1.807, 2.05) is 53.4 Å². The Labute approximate surface area is 187 Å². The predicted octanol–water partition coefficient (Wildman–Crippen LogP) is 2.70. The van der Waals surface area contributed by atoms with Gasteiger partial charge in [0.25, 0.3) is 0 Å². The fourth-order valence-corrected chi connectivity index (χ4v) is 5.84. The summed E-state index contributed by atoms with van der Waals surface area (Å²) in [5, 5.41) is 15.1. The van der Waals surface area contributed by atoms with Gasteiger partial charge in [0.15, 0.2) is 0 Å². The highest BCUT2D eigenvalue weighted by atomic mass is 16.6. The van der Waals surface area contributed by atoms with Crippen LogP contribution < -0.4 is 5.32 Å². The zero-order chi connectivity index (χ0) is 23.2. The first-order valence-electron chi connectivity index (χ1n) is 11.6. The molecule has 178 valence electrons. The van der Waals surface area contributed by atoms with Crippen molar-refractivity contribution in [1.29, 1.82) is 0 Å². The van der Waals surface area contributed by atoms with Gasteiger partial charge in [-0.25, -0.2) is 4.79 Å². The highest BCUT2D eigenvalue weighted by Crippen LogP contribution is 2.36. The first-order chi connectivity index (χ1) is 14.1. The summed E-state index contributed by atoms with van der Waals surface area (Å²) in [6.07, 6.45) is 2.31. The monoisotopic (exact) mass is 438 g/mol. The van der Waals surface area contributed by atoms with Gasteiger partial charge in [0, 0.05) is 43.3 Å². The van der Waals surface area contributed by atoms with E-state index in [-0.39, 0.29) is 29.1 Å². The fourth-order valence-electron chi connectivity index (χ4n) is 5.84. The van der Waals surface area contributed by atoms with E-state index in [0.29, 0.717) is 31.5 Å². The largest absolute Gasteiger partial charge is 0.444 e. The number of hydroxylamine groups is 2. The van der Waals surface area contributed by atoms with Crippen LogP contribution >= 0.6 is 0 Å². The van der Waals surface area contributed by atoms with Crippen LogP contribution in [0.3, 0.4) is 0 Å². The van der Waals surface area contributed by atoms with Crippen molar-refractivity contribution in [2.24, 2.45) is 11.8 Å². The number of rotatable bonds is 3. The Morgan fingerprint density at radius 1 is 1.00 bits per heavy atom. The van der Waals surface area contributed by atoms with Gasteiger partial charge in [-0.3, -0.25) is 9.69 Å². The molecule has 0 aromatic carbocycles. The third-order valence-electron chi connectivity index (χ3n) is 6.68. The molecule has 3 aliphatic rings. The molecular formula is C23H42N4O4. The number of carbonyl (C=O) groups is 2. The maximum atomic E-state index is 12.8. The van der Waals surface area contributed by atoms with Crippen molar-refractivity contribution < 1.29 is 19.5 Å². The predicted molar refractivity (Wildman–Crippen MR) is 119 cm³/mol. The lowest BCUT2D eigenvalue weighted by molar-refractivity contribution is -0.246. The Hall–Kier alpha value is -1.38. The molecule has 2 unspecified atom stereocenters. The molecule has 0 aliphatic carbocycles. The second-order valence-electron chi connectivity index (χ2n) is 12.2. The molecular weight excluding hydrogens is 396 g/mol. The maximum Gasteiger partial charge on any atom is 0.410 e. The van der Waals surface area contributed by atoms with Crippen molar-refractivity contribution in [3.63, 3.8) is 0 Å². The fraction of sp³-hybridized carbons (Fsp3) is 0.913. The lowest BCUT2D eigenvalue weighted by Gasteiger charge is -2.51. The van der Waals surface area contributed by atoms with Gasteiger partial charge in [0.2, 0.25) is 5.91 Å². The van der Waals surface area contributed by atoms with E-state index >= 15 is 0 Å². The maximum absolute atomic E-state index is 12.8. The molecule has 8 nitrogen and oxygen atoms in total. The summed E-state index contributed by atoms with van der Waals surface area (Å²) < 4.78 is 5.55. The molecule has 3 aliphatic heterocycles. The minimum absolute atomic E-state index is 0.0481. The SMILES string of the molecule is CC(C)(C)OC(=O)N1CC2CC(CN(CC(=O)NC3CC(C)(C)N(O)C(C)(C)C3)C2)C1. The third-order valence-corrected chi connectivity index (χ3v) is 6.68. The minimum Gasteiger partial charge on any atom is -0.444 e. The second kappa shape index (κ2) is 8.52. The minimum atomic E-state index is -0.483. The number of hydrogen-bond acceptors (Lipinski definition) is 6. The number of amides is 2. The molecule has 0 radical (unpaired) electrons. The molecule has 0 aromatic heterocycles. The molecule has 0 aromatic rings. The average Bonchev–Trinajstić information content (AvgIpc) is 2.56. The normalized spacial score (nSPS) is 29.5. The highest BCUT2D eigenvalue weighted by molar-refractivity contribution is 5.78. The molecule has 8 heteroatoms. The van der Waals surface area contributed by atoms with Crippen molar-refractivity contribution in [2.45, 2.75) is 90.4 Å². The van der Waals surface area contributed by atoms with E-state index in [1.165, 1.54) is 5.06 Å². The van der Waals surface area contributed by atoms with E-state index < -0.39 is 5.60 Å². The number of piperidine rings is 3. The van der Waals surface area contributed by atoms with Crippen LogP contribution in [0.25, 0.3) is 0 Å². The molecule has 2 N–H and O–H groups in total. The van der Waals surface area contributed by atoms with Crippen LogP contribution in [0.4, 0.5) is 4.79 Å². The number of hydrogen-bond donors (Lipinski definition) is 2. The summed E-state index contributed by atoms with van der Waals surface area (Å²) in [5.74, 6) is 0.804. The molecule has 2 atom stereocenters. The van der Waals surface area contributed by atoms with Crippen LogP contribution in [-0.2, 0) is 9.53 Å². The van der Waals surface area contributed by atoms with Crippen molar-refractivity contribution in [3.05, 3.63) is 0 Å². The van der Waals surface area contributed by atoms with Crippen molar-refractivity contribution >= 4 is 12.0 Å². The van der Waals surface area contributed by atoms with Gasteiger partial charge in [-0.1, -0.05) is 0 Å². The Morgan fingerprint density at radius 3 is 2.00 bits per heavy atom. The van der Waals surface area contributed by atoms with Crippen molar-refractivity contribution in [1.82, 2.24) is 20.2 Å². The molecule has 3 rings (SSSR count). The topological polar surface area (TPSA) is 85.4 Å². The van der Waals surface area contributed by atoms with E-state index in [0.717, 1.165) is 32.4 Å². The van der Waals surface area contributed by atoms with Crippen LogP contribution in [-0.4, -0.2) is 87.5 Å². The Morgan fingerprint density at radius 2 is 1.52 bits per heavy atom. The summed E-state index contributed by atoms with van der Waals surface area (Å²) in [4.78, 5) is 29.4. The molecule has 0 spiro atoms. The van der Waals surface area contributed by atoms with E-state index in [9.17, 15) is 14.8 Å². The standard InChI is InChI=1S/C23H42N4O4/c1-21(2,3)31-20(29)26-13-16-8-17(14-26)12-25(11-16)15-19(28)24-18-9-22(4,5)27(30)23(6,7)10-18/h16-18,30H,8-15H2,1-7H3,(H,24,28). The molecule has 0 saturated carbocycles. The summed E-state index contributed by atoms with van der Waals surface area (Å²) in [5.41, 5.74) is -1.25.